The number of ether oxygens (including phenoxy) is 3. The highest BCUT2D eigenvalue weighted by atomic mass is 16.7. The topological polar surface area (TPSA) is 109 Å². The smallest absolute Gasteiger partial charge is 0.229 e. The quantitative estimate of drug-likeness (QED) is 0.283. The maximum absolute atomic E-state index is 10.7. The molecule has 30 heavy (non-hydrogen) atoms. The third kappa shape index (κ3) is 7.04. The summed E-state index contributed by atoms with van der Waals surface area (Å²) in [5, 5.41) is 40.6. The van der Waals surface area contributed by atoms with Gasteiger partial charge in [-0.2, -0.15) is 0 Å². The van der Waals surface area contributed by atoms with Crippen molar-refractivity contribution in [1.82, 2.24) is 0 Å². The summed E-state index contributed by atoms with van der Waals surface area (Å²) < 4.78 is 17.7. The Hall–Kier alpha value is -1.48. The van der Waals surface area contributed by atoms with Crippen molar-refractivity contribution in [1.29, 1.82) is 0 Å². The molecule has 6 atom stereocenters. The van der Waals surface area contributed by atoms with Crippen LogP contribution in [0.4, 0.5) is 0 Å². The second-order valence-electron chi connectivity index (χ2n) is 7.68. The number of rotatable bonds is 13. The van der Waals surface area contributed by atoms with Crippen LogP contribution in [0.5, 0.6) is 5.75 Å². The van der Waals surface area contributed by atoms with E-state index in [4.69, 9.17) is 19.3 Å². The lowest BCUT2D eigenvalue weighted by Gasteiger charge is -2.43. The number of hydrogen-bond acceptors (Lipinski definition) is 7. The lowest BCUT2D eigenvalue weighted by molar-refractivity contribution is -0.297. The van der Waals surface area contributed by atoms with Crippen LogP contribution >= 0.6 is 0 Å². The average molecular weight is 425 g/mol. The minimum Gasteiger partial charge on any atom is -0.462 e. The van der Waals surface area contributed by atoms with E-state index in [2.05, 4.69) is 13.5 Å². The molecule has 1 fully saturated rings. The lowest BCUT2D eigenvalue weighted by atomic mass is 9.93. The molecule has 0 amide bonds. The van der Waals surface area contributed by atoms with Crippen LogP contribution in [-0.2, 0) is 15.9 Å². The molecule has 1 aromatic rings. The highest BCUT2D eigenvalue weighted by Crippen LogP contribution is 2.29. The van der Waals surface area contributed by atoms with Crippen molar-refractivity contribution in [3.8, 4) is 5.75 Å². The van der Waals surface area contributed by atoms with E-state index < -0.39 is 36.8 Å². The summed E-state index contributed by atoms with van der Waals surface area (Å²) in [4.78, 5) is 0. The Labute approximate surface area is 178 Å². The van der Waals surface area contributed by atoms with Crippen LogP contribution in [0.25, 0.3) is 0 Å². The molecule has 7 nitrogen and oxygen atoms in total. The van der Waals surface area contributed by atoms with Crippen LogP contribution in [0, 0.1) is 0 Å². The highest BCUT2D eigenvalue weighted by Gasteiger charge is 2.48. The molecule has 1 aliphatic rings. The largest absolute Gasteiger partial charge is 0.462 e. The Kier molecular flexibility index (Phi) is 10.8. The maximum atomic E-state index is 10.7. The molecular weight excluding hydrogens is 388 g/mol. The van der Waals surface area contributed by atoms with Crippen LogP contribution in [0.2, 0.25) is 0 Å². The Morgan fingerprint density at radius 1 is 1.13 bits per heavy atom. The van der Waals surface area contributed by atoms with Crippen molar-refractivity contribution in [3.63, 3.8) is 0 Å². The number of aliphatic hydroxyl groups is 4. The summed E-state index contributed by atoms with van der Waals surface area (Å²) >= 11 is 0. The molecule has 4 N–H and O–H groups in total. The van der Waals surface area contributed by atoms with Gasteiger partial charge in [0.2, 0.25) is 6.29 Å². The molecule has 1 aromatic carbocycles. The molecule has 7 heteroatoms. The number of hydrogen-bond donors (Lipinski definition) is 4. The first-order valence-electron chi connectivity index (χ1n) is 10.8. The van der Waals surface area contributed by atoms with Crippen molar-refractivity contribution in [3.05, 3.63) is 42.5 Å². The fraction of sp³-hybridized carbons (Fsp3) is 0.652. The van der Waals surface area contributed by atoms with E-state index in [0.717, 1.165) is 31.2 Å². The molecule has 1 heterocycles. The van der Waals surface area contributed by atoms with Crippen molar-refractivity contribution < 1.29 is 34.6 Å². The van der Waals surface area contributed by atoms with E-state index in [1.807, 2.05) is 18.2 Å². The fourth-order valence-electron chi connectivity index (χ4n) is 3.49. The summed E-state index contributed by atoms with van der Waals surface area (Å²) in [6, 6.07) is 7.42. The number of allylic oxidation sites excluding steroid dienone is 1. The first kappa shape index (κ1) is 24.8. The predicted molar refractivity (Wildman–Crippen MR) is 113 cm³/mol. The van der Waals surface area contributed by atoms with Crippen LogP contribution in [0.1, 0.15) is 44.6 Å². The molecule has 0 aliphatic carbocycles. The zero-order valence-electron chi connectivity index (χ0n) is 17.7. The van der Waals surface area contributed by atoms with Crippen LogP contribution in [0.3, 0.4) is 0 Å². The zero-order chi connectivity index (χ0) is 21.9. The van der Waals surface area contributed by atoms with Gasteiger partial charge in [-0.15, -0.1) is 6.58 Å². The van der Waals surface area contributed by atoms with Crippen LogP contribution < -0.4 is 4.74 Å². The molecule has 0 radical (unpaired) electrons. The van der Waals surface area contributed by atoms with Gasteiger partial charge in [0.1, 0.15) is 30.2 Å². The van der Waals surface area contributed by atoms with E-state index >= 15 is 0 Å². The summed E-state index contributed by atoms with van der Waals surface area (Å²) in [6.45, 7) is 6.14. The number of aliphatic hydroxyl groups excluding tert-OH is 4. The number of unbranched alkanes of at least 4 members (excludes halogenated alkanes) is 2. The molecular formula is C23H36O7. The summed E-state index contributed by atoms with van der Waals surface area (Å²) in [6.07, 6.45) is -0.607. The third-order valence-electron chi connectivity index (χ3n) is 5.23. The molecule has 1 aliphatic heterocycles. The lowest BCUT2D eigenvalue weighted by Crippen LogP contribution is -2.62. The van der Waals surface area contributed by atoms with Gasteiger partial charge in [0, 0.05) is 13.2 Å². The standard InChI is InChI=1S/C23H36O7/c1-3-5-6-15-28-22-20(27)19(26)21(18(25)9-7-14-24)30-23(22)29-17-12-10-16(8-4-2)11-13-17/h4,10-13,18-27H,2-3,5-9,14-15H2,1H3. The van der Waals surface area contributed by atoms with Crippen molar-refractivity contribution >= 4 is 0 Å². The molecule has 2 rings (SSSR count). The second kappa shape index (κ2) is 13.0. The maximum Gasteiger partial charge on any atom is 0.229 e. The molecule has 170 valence electrons. The van der Waals surface area contributed by atoms with E-state index in [1.54, 1.807) is 12.1 Å². The summed E-state index contributed by atoms with van der Waals surface area (Å²) in [5.41, 5.74) is 1.09. The van der Waals surface area contributed by atoms with Gasteiger partial charge in [-0.05, 0) is 43.4 Å². The normalized spacial score (nSPS) is 27.6. The van der Waals surface area contributed by atoms with Gasteiger partial charge in [-0.3, -0.25) is 0 Å². The van der Waals surface area contributed by atoms with Crippen molar-refractivity contribution in [2.75, 3.05) is 13.2 Å². The summed E-state index contributed by atoms with van der Waals surface area (Å²) in [5.74, 6) is 0.530. The summed E-state index contributed by atoms with van der Waals surface area (Å²) in [7, 11) is 0. The molecule has 6 unspecified atom stereocenters. The third-order valence-corrected chi connectivity index (χ3v) is 5.23. The Bertz CT molecular complexity index is 606. The van der Waals surface area contributed by atoms with Gasteiger partial charge < -0.3 is 34.6 Å². The van der Waals surface area contributed by atoms with Crippen LogP contribution in [0.15, 0.2) is 36.9 Å². The zero-order valence-corrected chi connectivity index (χ0v) is 17.7. The van der Waals surface area contributed by atoms with E-state index in [-0.39, 0.29) is 13.0 Å². The second-order valence-corrected chi connectivity index (χ2v) is 7.68. The van der Waals surface area contributed by atoms with Gasteiger partial charge in [0.05, 0.1) is 6.10 Å². The number of benzene rings is 1. The molecule has 0 saturated carbocycles. The van der Waals surface area contributed by atoms with E-state index in [9.17, 15) is 15.3 Å². The highest BCUT2D eigenvalue weighted by molar-refractivity contribution is 5.28. The minimum absolute atomic E-state index is 0.0808. The molecule has 0 aromatic heterocycles. The van der Waals surface area contributed by atoms with Gasteiger partial charge in [0.25, 0.3) is 0 Å². The monoisotopic (exact) mass is 424 g/mol. The first-order chi connectivity index (χ1) is 14.5. The SMILES string of the molecule is C=CCc1ccc(OC2OC(C(O)CCCO)C(O)C(O)C2OCCCCC)cc1. The predicted octanol–water partition coefficient (Wildman–Crippen LogP) is 1.95. The molecule has 1 saturated heterocycles. The van der Waals surface area contributed by atoms with Crippen molar-refractivity contribution in [2.24, 2.45) is 0 Å². The molecule has 0 spiro atoms. The average Bonchev–Trinajstić information content (AvgIpc) is 2.75. The van der Waals surface area contributed by atoms with Gasteiger partial charge in [0.15, 0.2) is 0 Å². The first-order valence-corrected chi connectivity index (χ1v) is 10.8. The van der Waals surface area contributed by atoms with E-state index in [1.165, 1.54) is 0 Å². The van der Waals surface area contributed by atoms with E-state index in [0.29, 0.717) is 18.8 Å². The Balaban J connectivity index is 2.13. The van der Waals surface area contributed by atoms with Gasteiger partial charge in [-0.1, -0.05) is 38.0 Å². The fourth-order valence-corrected chi connectivity index (χ4v) is 3.49. The Morgan fingerprint density at radius 3 is 2.50 bits per heavy atom. The van der Waals surface area contributed by atoms with Crippen LogP contribution in [-0.4, -0.2) is 70.4 Å². The van der Waals surface area contributed by atoms with Gasteiger partial charge >= 0.3 is 0 Å². The van der Waals surface area contributed by atoms with Gasteiger partial charge in [-0.25, -0.2) is 0 Å². The van der Waals surface area contributed by atoms with Crippen molar-refractivity contribution in [2.45, 2.75) is 82.3 Å². The Morgan fingerprint density at radius 2 is 1.87 bits per heavy atom. The minimum atomic E-state index is -1.33. The molecule has 0 bridgehead atoms.